The van der Waals surface area contributed by atoms with Crippen molar-refractivity contribution in [1.82, 2.24) is 4.90 Å². The molecule has 0 aromatic carbocycles. The van der Waals surface area contributed by atoms with Gasteiger partial charge in [0.05, 0.1) is 0 Å². The zero-order valence-electron chi connectivity index (χ0n) is 14.6. The largest absolute Gasteiger partial charge is 0.384 e. The Hall–Kier alpha value is -0.120. The monoisotopic (exact) mass is 296 g/mol. The van der Waals surface area contributed by atoms with Crippen molar-refractivity contribution in [1.29, 1.82) is 0 Å². The molecule has 3 atom stereocenters. The maximum absolute atomic E-state index is 6.43. The van der Waals surface area contributed by atoms with Crippen LogP contribution in [0.1, 0.15) is 52.9 Å². The third-order valence-electron chi connectivity index (χ3n) is 5.87. The number of rotatable bonds is 4. The molecular formula is C18H36N2O. The highest BCUT2D eigenvalue weighted by atomic mass is 16.5. The lowest BCUT2D eigenvalue weighted by molar-refractivity contribution is 0.0669. The second-order valence-electron chi connectivity index (χ2n) is 8.50. The molecule has 1 aliphatic heterocycles. The lowest BCUT2D eigenvalue weighted by Crippen LogP contribution is -2.47. The maximum atomic E-state index is 6.43. The van der Waals surface area contributed by atoms with Gasteiger partial charge in [-0.25, -0.2) is 0 Å². The number of likely N-dealkylation sites (tertiary alicyclic amines) is 1. The van der Waals surface area contributed by atoms with Gasteiger partial charge in [0.25, 0.3) is 0 Å². The quantitative estimate of drug-likeness (QED) is 0.866. The van der Waals surface area contributed by atoms with Crippen LogP contribution in [-0.2, 0) is 4.74 Å². The second kappa shape index (κ2) is 7.43. The van der Waals surface area contributed by atoms with Gasteiger partial charge in [0.15, 0.2) is 0 Å². The van der Waals surface area contributed by atoms with Gasteiger partial charge in [0.2, 0.25) is 0 Å². The van der Waals surface area contributed by atoms with Crippen molar-refractivity contribution in [3.8, 4) is 0 Å². The first kappa shape index (κ1) is 17.2. The zero-order valence-corrected chi connectivity index (χ0v) is 14.6. The Labute approximate surface area is 131 Å². The predicted molar refractivity (Wildman–Crippen MR) is 89.3 cm³/mol. The summed E-state index contributed by atoms with van der Waals surface area (Å²) in [6.45, 7) is 11.8. The van der Waals surface area contributed by atoms with E-state index in [9.17, 15) is 0 Å². The van der Waals surface area contributed by atoms with Gasteiger partial charge in [0.1, 0.15) is 0 Å². The van der Waals surface area contributed by atoms with Crippen LogP contribution in [0.3, 0.4) is 0 Å². The van der Waals surface area contributed by atoms with Gasteiger partial charge in [-0.3, -0.25) is 0 Å². The molecule has 3 unspecified atom stereocenters. The highest BCUT2D eigenvalue weighted by molar-refractivity contribution is 4.89. The third-order valence-corrected chi connectivity index (χ3v) is 5.87. The minimum Gasteiger partial charge on any atom is -0.384 e. The van der Waals surface area contributed by atoms with Crippen molar-refractivity contribution in [3.05, 3.63) is 0 Å². The number of piperidine rings is 1. The second-order valence-corrected chi connectivity index (χ2v) is 8.50. The average Bonchev–Trinajstić information content (AvgIpc) is 2.42. The van der Waals surface area contributed by atoms with Gasteiger partial charge < -0.3 is 15.4 Å². The molecule has 0 spiro atoms. The molecule has 2 fully saturated rings. The SMILES string of the molecule is COCC1CCN(CC2CC(C(C)(C)C)CCC2N)CC1. The topological polar surface area (TPSA) is 38.5 Å². The summed E-state index contributed by atoms with van der Waals surface area (Å²) in [7, 11) is 1.82. The summed E-state index contributed by atoms with van der Waals surface area (Å²) in [5, 5.41) is 0. The number of methoxy groups -OCH3 is 1. The van der Waals surface area contributed by atoms with E-state index in [-0.39, 0.29) is 0 Å². The van der Waals surface area contributed by atoms with Crippen LogP contribution in [0.4, 0.5) is 0 Å². The van der Waals surface area contributed by atoms with Crippen LogP contribution in [0.5, 0.6) is 0 Å². The first-order chi connectivity index (χ1) is 9.90. The van der Waals surface area contributed by atoms with Gasteiger partial charge in [-0.05, 0) is 68.4 Å². The Balaban J connectivity index is 1.81. The minimum atomic E-state index is 0.417. The Morgan fingerprint density at radius 3 is 2.33 bits per heavy atom. The molecule has 1 heterocycles. The van der Waals surface area contributed by atoms with E-state index < -0.39 is 0 Å². The van der Waals surface area contributed by atoms with E-state index in [0.29, 0.717) is 17.4 Å². The molecule has 1 saturated heterocycles. The summed E-state index contributed by atoms with van der Waals surface area (Å²) in [6.07, 6.45) is 6.43. The molecule has 3 nitrogen and oxygen atoms in total. The van der Waals surface area contributed by atoms with Gasteiger partial charge >= 0.3 is 0 Å². The maximum Gasteiger partial charge on any atom is 0.0491 e. The fourth-order valence-corrected chi connectivity index (χ4v) is 4.19. The zero-order chi connectivity index (χ0) is 15.5. The van der Waals surface area contributed by atoms with E-state index in [2.05, 4.69) is 25.7 Å². The normalized spacial score (nSPS) is 33.3. The van der Waals surface area contributed by atoms with E-state index in [0.717, 1.165) is 18.4 Å². The Bertz CT molecular complexity index is 305. The molecule has 0 amide bonds. The molecular weight excluding hydrogens is 260 g/mol. The van der Waals surface area contributed by atoms with Crippen molar-refractivity contribution in [2.24, 2.45) is 28.9 Å². The van der Waals surface area contributed by atoms with Crippen LogP contribution in [0, 0.1) is 23.2 Å². The molecule has 1 aliphatic carbocycles. The predicted octanol–water partition coefficient (Wildman–Crippen LogP) is 3.13. The van der Waals surface area contributed by atoms with Crippen LogP contribution >= 0.6 is 0 Å². The summed E-state index contributed by atoms with van der Waals surface area (Å²) < 4.78 is 5.30. The summed E-state index contributed by atoms with van der Waals surface area (Å²) in [6, 6.07) is 0.417. The Kier molecular flexibility index (Phi) is 6.10. The molecule has 2 aliphatic rings. The van der Waals surface area contributed by atoms with Crippen LogP contribution in [0.15, 0.2) is 0 Å². The molecule has 124 valence electrons. The summed E-state index contributed by atoms with van der Waals surface area (Å²) in [5.41, 5.74) is 6.86. The number of hydrogen-bond donors (Lipinski definition) is 1. The number of nitrogens with zero attached hydrogens (tertiary/aromatic N) is 1. The molecule has 0 aromatic rings. The molecule has 21 heavy (non-hydrogen) atoms. The van der Waals surface area contributed by atoms with E-state index in [1.807, 2.05) is 7.11 Å². The van der Waals surface area contributed by atoms with Crippen molar-refractivity contribution in [2.45, 2.75) is 58.9 Å². The third kappa shape index (κ3) is 4.94. The summed E-state index contributed by atoms with van der Waals surface area (Å²) in [5.74, 6) is 2.31. The summed E-state index contributed by atoms with van der Waals surface area (Å²) in [4.78, 5) is 2.65. The fourth-order valence-electron chi connectivity index (χ4n) is 4.19. The van der Waals surface area contributed by atoms with Crippen LogP contribution < -0.4 is 5.73 Å². The van der Waals surface area contributed by atoms with E-state index in [1.165, 1.54) is 51.7 Å². The van der Waals surface area contributed by atoms with Gasteiger partial charge in [0, 0.05) is 26.3 Å². The Morgan fingerprint density at radius 1 is 1.10 bits per heavy atom. The van der Waals surface area contributed by atoms with E-state index in [4.69, 9.17) is 10.5 Å². The molecule has 0 bridgehead atoms. The minimum absolute atomic E-state index is 0.417. The molecule has 2 rings (SSSR count). The van der Waals surface area contributed by atoms with Crippen LogP contribution in [0.25, 0.3) is 0 Å². The van der Waals surface area contributed by atoms with Crippen molar-refractivity contribution < 1.29 is 4.74 Å². The first-order valence-electron chi connectivity index (χ1n) is 8.87. The number of nitrogens with two attached hydrogens (primary N) is 1. The molecule has 0 aromatic heterocycles. The molecule has 1 saturated carbocycles. The lowest BCUT2D eigenvalue weighted by atomic mass is 9.67. The van der Waals surface area contributed by atoms with Crippen LogP contribution in [0.2, 0.25) is 0 Å². The highest BCUT2D eigenvalue weighted by Gasteiger charge is 2.35. The van der Waals surface area contributed by atoms with E-state index in [1.54, 1.807) is 0 Å². The molecule has 2 N–H and O–H groups in total. The van der Waals surface area contributed by atoms with Crippen molar-refractivity contribution >= 4 is 0 Å². The van der Waals surface area contributed by atoms with Gasteiger partial charge in [-0.1, -0.05) is 20.8 Å². The first-order valence-corrected chi connectivity index (χ1v) is 8.87. The standard InChI is InChI=1S/C18H36N2O/c1-18(2,3)16-5-6-17(19)15(11-16)12-20-9-7-14(8-10-20)13-21-4/h14-17H,5-13,19H2,1-4H3. The fraction of sp³-hybridized carbons (Fsp3) is 1.00. The molecule has 3 heteroatoms. The highest BCUT2D eigenvalue weighted by Crippen LogP contribution is 2.40. The van der Waals surface area contributed by atoms with E-state index >= 15 is 0 Å². The van der Waals surface area contributed by atoms with Crippen molar-refractivity contribution in [3.63, 3.8) is 0 Å². The van der Waals surface area contributed by atoms with Crippen LogP contribution in [-0.4, -0.2) is 44.3 Å². The number of ether oxygens (including phenoxy) is 1. The molecule has 0 radical (unpaired) electrons. The smallest absolute Gasteiger partial charge is 0.0491 e. The Morgan fingerprint density at radius 2 is 1.76 bits per heavy atom. The van der Waals surface area contributed by atoms with Gasteiger partial charge in [-0.2, -0.15) is 0 Å². The summed E-state index contributed by atoms with van der Waals surface area (Å²) >= 11 is 0. The lowest BCUT2D eigenvalue weighted by Gasteiger charge is -2.43. The average molecular weight is 296 g/mol. The van der Waals surface area contributed by atoms with Gasteiger partial charge in [-0.15, -0.1) is 0 Å². The number of hydrogen-bond acceptors (Lipinski definition) is 3. The van der Waals surface area contributed by atoms with Crippen molar-refractivity contribution in [2.75, 3.05) is 33.4 Å².